The molecule has 0 spiro atoms. The first-order chi connectivity index (χ1) is 11.0. The third-order valence-electron chi connectivity index (χ3n) is 3.44. The normalized spacial score (nSPS) is 12.4. The number of carbonyl (C=O) groups excluding carboxylic acids is 1. The van der Waals surface area contributed by atoms with Crippen molar-refractivity contribution in [1.29, 1.82) is 0 Å². The van der Waals surface area contributed by atoms with E-state index >= 15 is 0 Å². The summed E-state index contributed by atoms with van der Waals surface area (Å²) in [6.45, 7) is 4.54. The minimum atomic E-state index is -0.0653. The summed E-state index contributed by atoms with van der Waals surface area (Å²) in [7, 11) is 4.04. The molecule has 0 saturated heterocycles. The van der Waals surface area contributed by atoms with Gasteiger partial charge >= 0.3 is 0 Å². The monoisotopic (exact) mass is 332 g/mol. The molecule has 5 heteroatoms. The predicted octanol–water partition coefficient (Wildman–Crippen LogP) is 3.57. The zero-order chi connectivity index (χ0) is 16.8. The van der Waals surface area contributed by atoms with Gasteiger partial charge in [0, 0.05) is 17.0 Å². The number of hydrogen-bond donors (Lipinski definition) is 1. The Balaban J connectivity index is 1.95. The second-order valence-corrected chi connectivity index (χ2v) is 6.88. The van der Waals surface area contributed by atoms with E-state index in [-0.39, 0.29) is 18.1 Å². The number of benzene rings is 1. The van der Waals surface area contributed by atoms with Crippen LogP contribution < -0.4 is 10.1 Å². The Labute approximate surface area is 142 Å². The van der Waals surface area contributed by atoms with E-state index in [0.29, 0.717) is 12.1 Å². The Morgan fingerprint density at radius 3 is 2.43 bits per heavy atom. The van der Waals surface area contributed by atoms with Gasteiger partial charge < -0.3 is 15.0 Å². The second kappa shape index (κ2) is 8.13. The highest BCUT2D eigenvalue weighted by Gasteiger charge is 2.16. The molecule has 0 fully saturated rings. The fourth-order valence-electron chi connectivity index (χ4n) is 2.27. The van der Waals surface area contributed by atoms with Crippen LogP contribution in [-0.4, -0.2) is 37.6 Å². The van der Waals surface area contributed by atoms with E-state index in [0.717, 1.165) is 5.75 Å². The number of amides is 1. The van der Waals surface area contributed by atoms with Crippen LogP contribution in [0.4, 0.5) is 0 Å². The third-order valence-corrected chi connectivity index (χ3v) is 4.41. The van der Waals surface area contributed by atoms with E-state index in [2.05, 4.69) is 21.7 Å². The fraction of sp³-hybridized carbons (Fsp3) is 0.389. The molecule has 1 aromatic heterocycles. The van der Waals surface area contributed by atoms with Gasteiger partial charge in [-0.15, -0.1) is 11.3 Å². The smallest absolute Gasteiger partial charge is 0.251 e. The number of ether oxygens (including phenoxy) is 1. The maximum Gasteiger partial charge on any atom is 0.251 e. The Morgan fingerprint density at radius 1 is 1.22 bits per heavy atom. The standard InChI is InChI=1S/C18H24N2O2S/c1-13(2)22-15-9-7-14(8-10-15)18(21)19-12-16(20(3)4)17-6-5-11-23-17/h5-11,13,16H,12H2,1-4H3,(H,19,21). The Bertz CT molecular complexity index is 606. The lowest BCUT2D eigenvalue weighted by Gasteiger charge is -2.23. The van der Waals surface area contributed by atoms with Gasteiger partial charge in [0.25, 0.3) is 5.91 Å². The largest absolute Gasteiger partial charge is 0.491 e. The van der Waals surface area contributed by atoms with E-state index in [1.165, 1.54) is 4.88 Å². The third kappa shape index (κ3) is 5.08. The van der Waals surface area contributed by atoms with Crippen molar-refractivity contribution < 1.29 is 9.53 Å². The van der Waals surface area contributed by atoms with E-state index in [1.807, 2.05) is 46.1 Å². The highest BCUT2D eigenvalue weighted by Crippen LogP contribution is 2.22. The van der Waals surface area contributed by atoms with Crippen LogP contribution in [0.3, 0.4) is 0 Å². The summed E-state index contributed by atoms with van der Waals surface area (Å²) in [4.78, 5) is 15.7. The van der Waals surface area contributed by atoms with Crippen molar-refractivity contribution in [3.05, 3.63) is 52.2 Å². The summed E-state index contributed by atoms with van der Waals surface area (Å²) in [5, 5.41) is 5.07. The molecule has 23 heavy (non-hydrogen) atoms. The molecule has 0 aliphatic heterocycles. The molecular formula is C18H24N2O2S. The van der Waals surface area contributed by atoms with Gasteiger partial charge in [-0.25, -0.2) is 0 Å². The molecule has 0 saturated carbocycles. The van der Waals surface area contributed by atoms with E-state index in [4.69, 9.17) is 4.74 Å². The summed E-state index contributed by atoms with van der Waals surface area (Å²) in [6, 6.07) is 11.6. The summed E-state index contributed by atoms with van der Waals surface area (Å²) < 4.78 is 5.59. The van der Waals surface area contributed by atoms with Crippen LogP contribution in [0, 0.1) is 0 Å². The van der Waals surface area contributed by atoms with Gasteiger partial charge in [0.05, 0.1) is 12.1 Å². The van der Waals surface area contributed by atoms with E-state index in [9.17, 15) is 4.79 Å². The molecule has 0 aliphatic carbocycles. The lowest BCUT2D eigenvalue weighted by Crippen LogP contribution is -2.34. The maximum atomic E-state index is 12.3. The lowest BCUT2D eigenvalue weighted by molar-refractivity contribution is 0.0942. The SMILES string of the molecule is CC(C)Oc1ccc(C(=O)NCC(c2cccs2)N(C)C)cc1. The van der Waals surface area contributed by atoms with Crippen LogP contribution in [0.15, 0.2) is 41.8 Å². The van der Waals surface area contributed by atoms with Crippen LogP contribution >= 0.6 is 11.3 Å². The van der Waals surface area contributed by atoms with Gasteiger partial charge in [0.2, 0.25) is 0 Å². The molecule has 0 bridgehead atoms. The molecule has 1 unspecified atom stereocenters. The molecule has 0 aliphatic rings. The molecular weight excluding hydrogens is 308 g/mol. The van der Waals surface area contributed by atoms with Crippen LogP contribution in [-0.2, 0) is 0 Å². The number of rotatable bonds is 7. The Hall–Kier alpha value is -1.85. The van der Waals surface area contributed by atoms with Crippen molar-refractivity contribution in [3.63, 3.8) is 0 Å². The Morgan fingerprint density at radius 2 is 1.91 bits per heavy atom. The molecule has 1 atom stereocenters. The van der Waals surface area contributed by atoms with Crippen LogP contribution in [0.2, 0.25) is 0 Å². The zero-order valence-electron chi connectivity index (χ0n) is 14.1. The zero-order valence-corrected chi connectivity index (χ0v) is 14.9. The summed E-state index contributed by atoms with van der Waals surface area (Å²) in [5.41, 5.74) is 0.643. The van der Waals surface area contributed by atoms with Crippen molar-refractivity contribution in [3.8, 4) is 5.75 Å². The molecule has 0 radical (unpaired) electrons. The van der Waals surface area contributed by atoms with Crippen molar-refractivity contribution in [1.82, 2.24) is 10.2 Å². The first-order valence-corrected chi connectivity index (χ1v) is 8.60. The molecule has 1 heterocycles. The quantitative estimate of drug-likeness (QED) is 0.843. The molecule has 1 aromatic carbocycles. The average Bonchev–Trinajstić information content (AvgIpc) is 3.01. The van der Waals surface area contributed by atoms with Gasteiger partial charge in [0.1, 0.15) is 5.75 Å². The number of nitrogens with one attached hydrogen (secondary N) is 1. The number of nitrogens with zero attached hydrogens (tertiary/aromatic N) is 1. The summed E-state index contributed by atoms with van der Waals surface area (Å²) in [6.07, 6.45) is 0.126. The van der Waals surface area contributed by atoms with Gasteiger partial charge in [0.15, 0.2) is 0 Å². The van der Waals surface area contributed by atoms with Gasteiger partial charge in [-0.1, -0.05) is 6.07 Å². The molecule has 2 rings (SSSR count). The molecule has 124 valence electrons. The molecule has 1 amide bonds. The van der Waals surface area contributed by atoms with Crippen LogP contribution in [0.5, 0.6) is 5.75 Å². The summed E-state index contributed by atoms with van der Waals surface area (Å²) >= 11 is 1.70. The molecule has 2 aromatic rings. The lowest BCUT2D eigenvalue weighted by atomic mass is 10.2. The molecule has 4 nitrogen and oxygen atoms in total. The minimum absolute atomic E-state index is 0.0653. The van der Waals surface area contributed by atoms with E-state index in [1.54, 1.807) is 23.5 Å². The van der Waals surface area contributed by atoms with Gasteiger partial charge in [-0.3, -0.25) is 4.79 Å². The number of carbonyl (C=O) groups is 1. The highest BCUT2D eigenvalue weighted by atomic mass is 32.1. The number of thiophene rings is 1. The van der Waals surface area contributed by atoms with Crippen molar-refractivity contribution in [2.75, 3.05) is 20.6 Å². The van der Waals surface area contributed by atoms with Crippen LogP contribution in [0.25, 0.3) is 0 Å². The second-order valence-electron chi connectivity index (χ2n) is 5.90. The van der Waals surface area contributed by atoms with Crippen molar-refractivity contribution in [2.45, 2.75) is 26.0 Å². The predicted molar refractivity (Wildman–Crippen MR) is 95.3 cm³/mol. The minimum Gasteiger partial charge on any atom is -0.491 e. The number of hydrogen-bond acceptors (Lipinski definition) is 4. The Kier molecular flexibility index (Phi) is 6.19. The first kappa shape index (κ1) is 17.5. The van der Waals surface area contributed by atoms with Crippen molar-refractivity contribution >= 4 is 17.2 Å². The first-order valence-electron chi connectivity index (χ1n) is 7.72. The van der Waals surface area contributed by atoms with Gasteiger partial charge in [-0.2, -0.15) is 0 Å². The topological polar surface area (TPSA) is 41.6 Å². The van der Waals surface area contributed by atoms with Crippen molar-refractivity contribution in [2.24, 2.45) is 0 Å². The summed E-state index contributed by atoms with van der Waals surface area (Å²) in [5.74, 6) is 0.714. The van der Waals surface area contributed by atoms with Gasteiger partial charge in [-0.05, 0) is 63.7 Å². The highest BCUT2D eigenvalue weighted by molar-refractivity contribution is 7.10. The van der Waals surface area contributed by atoms with E-state index < -0.39 is 0 Å². The fourth-order valence-corrected chi connectivity index (χ4v) is 3.19. The maximum absolute atomic E-state index is 12.3. The number of likely N-dealkylation sites (N-methyl/N-ethyl adjacent to an activating group) is 1. The molecule has 1 N–H and O–H groups in total. The average molecular weight is 332 g/mol. The van der Waals surface area contributed by atoms with Crippen LogP contribution in [0.1, 0.15) is 35.1 Å².